The van der Waals surface area contributed by atoms with Crippen molar-refractivity contribution in [3.63, 3.8) is 0 Å². The molecule has 7 atom stereocenters. The molecule has 0 radical (unpaired) electrons. The monoisotopic (exact) mass is 503 g/mol. The number of fused-ring (bicyclic) bond motifs is 1. The molecule has 0 saturated carbocycles. The number of allylic oxidation sites excluding steroid dienone is 3. The van der Waals surface area contributed by atoms with Crippen LogP contribution in [0.25, 0.3) is 0 Å². The third kappa shape index (κ3) is 5.86. The second-order valence-corrected chi connectivity index (χ2v) is 11.5. The van der Waals surface area contributed by atoms with Crippen molar-refractivity contribution in [1.82, 2.24) is 4.90 Å². The number of aliphatic hydroxyl groups is 1. The van der Waals surface area contributed by atoms with Crippen molar-refractivity contribution in [2.75, 3.05) is 26.3 Å². The van der Waals surface area contributed by atoms with Crippen molar-refractivity contribution in [3.8, 4) is 0 Å². The van der Waals surface area contributed by atoms with Crippen LogP contribution in [0, 0.1) is 29.1 Å². The first kappa shape index (κ1) is 26.9. The van der Waals surface area contributed by atoms with Gasteiger partial charge < -0.3 is 24.2 Å². The normalized spacial score (nSPS) is 34.9. The van der Waals surface area contributed by atoms with Gasteiger partial charge in [0.1, 0.15) is 17.6 Å². The molecule has 4 aliphatic rings. The van der Waals surface area contributed by atoms with E-state index in [1.807, 2.05) is 0 Å². The van der Waals surface area contributed by atoms with Gasteiger partial charge in [-0.05, 0) is 56.4 Å². The van der Waals surface area contributed by atoms with Gasteiger partial charge in [-0.15, -0.1) is 0 Å². The molecule has 0 unspecified atom stereocenters. The van der Waals surface area contributed by atoms with Crippen LogP contribution in [-0.4, -0.2) is 72.5 Å². The van der Waals surface area contributed by atoms with E-state index < -0.39 is 17.5 Å². The lowest BCUT2D eigenvalue weighted by Gasteiger charge is -2.44. The maximum Gasteiger partial charge on any atom is 0.321 e. The summed E-state index contributed by atoms with van der Waals surface area (Å²) in [6.45, 7) is 9.52. The molecule has 1 N–H and O–H groups in total. The second-order valence-electron chi connectivity index (χ2n) is 11.5. The standard InChI is InChI=1S/C28H41NO7/c1-17-13-19-6-5-18(2)22(8-7-21-15-20(30)16-24(31)35-21)25(19)23(14-17)36-27(33)28(3,4)26(32)29-9-11-34-12-10-29/h5-6,13,17-18,20-23,25,30H,7-12,14-16H2,1-4H3/t17-,18-,20+,21+,22-,23-,25-/m0/s1. The van der Waals surface area contributed by atoms with Crippen LogP contribution in [0.5, 0.6) is 0 Å². The van der Waals surface area contributed by atoms with Gasteiger partial charge in [-0.2, -0.15) is 0 Å². The largest absolute Gasteiger partial charge is 0.462 e. The first-order valence-electron chi connectivity index (χ1n) is 13.4. The molecule has 2 heterocycles. The molecule has 4 rings (SSSR count). The summed E-state index contributed by atoms with van der Waals surface area (Å²) in [5.74, 6) is -0.328. The number of esters is 2. The zero-order chi connectivity index (χ0) is 26.0. The average molecular weight is 504 g/mol. The van der Waals surface area contributed by atoms with Gasteiger partial charge in [0, 0.05) is 25.4 Å². The van der Waals surface area contributed by atoms with Gasteiger partial charge in [0.15, 0.2) is 0 Å². The summed E-state index contributed by atoms with van der Waals surface area (Å²) in [5, 5.41) is 10.00. The fourth-order valence-electron chi connectivity index (χ4n) is 6.17. The Labute approximate surface area is 214 Å². The number of aliphatic hydroxyl groups excluding tert-OH is 1. The molecule has 2 aliphatic heterocycles. The number of amides is 1. The minimum atomic E-state index is -1.28. The first-order chi connectivity index (χ1) is 17.1. The topological polar surface area (TPSA) is 102 Å². The quantitative estimate of drug-likeness (QED) is 0.439. The summed E-state index contributed by atoms with van der Waals surface area (Å²) in [7, 11) is 0. The third-order valence-electron chi connectivity index (χ3n) is 8.25. The highest BCUT2D eigenvalue weighted by Crippen LogP contribution is 2.45. The van der Waals surface area contributed by atoms with Crippen molar-refractivity contribution in [1.29, 1.82) is 0 Å². The van der Waals surface area contributed by atoms with Gasteiger partial charge in [-0.25, -0.2) is 0 Å². The van der Waals surface area contributed by atoms with Gasteiger partial charge in [0.2, 0.25) is 5.91 Å². The van der Waals surface area contributed by atoms with E-state index in [0.717, 1.165) is 6.42 Å². The van der Waals surface area contributed by atoms with Crippen LogP contribution in [0.3, 0.4) is 0 Å². The molecular weight excluding hydrogens is 462 g/mol. The third-order valence-corrected chi connectivity index (χ3v) is 8.25. The minimum absolute atomic E-state index is 0.0173. The van der Waals surface area contributed by atoms with Crippen LogP contribution in [0.2, 0.25) is 0 Å². The highest BCUT2D eigenvalue weighted by molar-refractivity contribution is 6.01. The molecule has 2 fully saturated rings. The van der Waals surface area contributed by atoms with E-state index in [0.29, 0.717) is 45.6 Å². The summed E-state index contributed by atoms with van der Waals surface area (Å²) in [5.41, 5.74) is -0.104. The molecule has 0 bridgehead atoms. The molecule has 0 aromatic heterocycles. The van der Waals surface area contributed by atoms with E-state index in [1.165, 1.54) is 5.57 Å². The molecule has 36 heavy (non-hydrogen) atoms. The van der Waals surface area contributed by atoms with Crippen LogP contribution in [0.1, 0.15) is 59.8 Å². The fraction of sp³-hybridized carbons (Fsp3) is 0.750. The number of morpholine rings is 1. The highest BCUT2D eigenvalue weighted by atomic mass is 16.6. The number of nitrogens with zero attached hydrogens (tertiary/aromatic N) is 1. The predicted molar refractivity (Wildman–Crippen MR) is 133 cm³/mol. The lowest BCUT2D eigenvalue weighted by atomic mass is 9.65. The molecular formula is C28H41NO7. The Hall–Kier alpha value is -2.19. The summed E-state index contributed by atoms with van der Waals surface area (Å²) in [6.07, 6.45) is 8.02. The molecule has 2 saturated heterocycles. The molecule has 8 nitrogen and oxygen atoms in total. The van der Waals surface area contributed by atoms with Crippen LogP contribution in [0.4, 0.5) is 0 Å². The van der Waals surface area contributed by atoms with Gasteiger partial charge in [0.25, 0.3) is 0 Å². The summed E-state index contributed by atoms with van der Waals surface area (Å²) in [4.78, 5) is 40.1. The van der Waals surface area contributed by atoms with E-state index in [4.69, 9.17) is 14.2 Å². The first-order valence-corrected chi connectivity index (χ1v) is 13.4. The number of hydrogen-bond donors (Lipinski definition) is 1. The number of rotatable bonds is 6. The van der Waals surface area contributed by atoms with Gasteiger partial charge in [0.05, 0.1) is 25.7 Å². The Morgan fingerprint density at radius 1 is 1.17 bits per heavy atom. The van der Waals surface area contributed by atoms with E-state index >= 15 is 0 Å². The van der Waals surface area contributed by atoms with Crippen molar-refractivity contribution in [3.05, 3.63) is 23.8 Å². The Morgan fingerprint density at radius 3 is 2.58 bits per heavy atom. The summed E-state index contributed by atoms with van der Waals surface area (Å²) < 4.78 is 17.0. The zero-order valence-electron chi connectivity index (χ0n) is 22.0. The van der Waals surface area contributed by atoms with E-state index in [2.05, 4.69) is 32.1 Å². The number of cyclic esters (lactones) is 1. The molecule has 2 aliphatic carbocycles. The highest BCUT2D eigenvalue weighted by Gasteiger charge is 2.46. The Bertz CT molecular complexity index is 904. The Morgan fingerprint density at radius 2 is 1.89 bits per heavy atom. The van der Waals surface area contributed by atoms with Crippen LogP contribution >= 0.6 is 0 Å². The maximum absolute atomic E-state index is 13.4. The van der Waals surface area contributed by atoms with Crippen LogP contribution in [0.15, 0.2) is 23.8 Å². The van der Waals surface area contributed by atoms with E-state index in [1.54, 1.807) is 18.7 Å². The van der Waals surface area contributed by atoms with Gasteiger partial charge in [-0.3, -0.25) is 14.4 Å². The van der Waals surface area contributed by atoms with Crippen LogP contribution < -0.4 is 0 Å². The number of carbonyl (C=O) groups is 3. The number of hydrogen-bond acceptors (Lipinski definition) is 7. The molecule has 0 aromatic carbocycles. The Balaban J connectivity index is 1.48. The lowest BCUT2D eigenvalue weighted by Crippen LogP contribution is -2.51. The van der Waals surface area contributed by atoms with Crippen molar-refractivity contribution >= 4 is 17.8 Å². The maximum atomic E-state index is 13.4. The van der Waals surface area contributed by atoms with Crippen LogP contribution in [-0.2, 0) is 28.6 Å². The van der Waals surface area contributed by atoms with Crippen molar-refractivity contribution in [2.45, 2.75) is 78.1 Å². The van der Waals surface area contributed by atoms with Crippen molar-refractivity contribution in [2.24, 2.45) is 29.1 Å². The summed E-state index contributed by atoms with van der Waals surface area (Å²) in [6, 6.07) is 0. The second kappa shape index (κ2) is 11.1. The molecule has 0 spiro atoms. The number of carbonyl (C=O) groups excluding carboxylic acids is 3. The minimum Gasteiger partial charge on any atom is -0.462 e. The smallest absolute Gasteiger partial charge is 0.321 e. The predicted octanol–water partition coefficient (Wildman–Crippen LogP) is 3.03. The van der Waals surface area contributed by atoms with Gasteiger partial charge in [-0.1, -0.05) is 32.1 Å². The lowest BCUT2D eigenvalue weighted by molar-refractivity contribution is -0.172. The molecule has 8 heteroatoms. The zero-order valence-corrected chi connectivity index (χ0v) is 22.0. The van der Waals surface area contributed by atoms with E-state index in [-0.39, 0.29) is 54.2 Å². The molecule has 1 amide bonds. The molecule has 0 aromatic rings. The summed E-state index contributed by atoms with van der Waals surface area (Å²) >= 11 is 0. The van der Waals surface area contributed by atoms with Gasteiger partial charge >= 0.3 is 11.9 Å². The average Bonchev–Trinajstić information content (AvgIpc) is 2.83. The van der Waals surface area contributed by atoms with E-state index in [9.17, 15) is 19.5 Å². The fourth-order valence-corrected chi connectivity index (χ4v) is 6.17. The molecule has 200 valence electrons. The SMILES string of the molecule is C[C@H]1C=C2C=C[C@H](C)[C@H](CC[C@@H]3C[C@@H](O)CC(=O)O3)[C@H]2[C@@H](OC(=O)C(C)(C)C(=O)N2CCOCC2)C1. The number of ether oxygens (including phenoxy) is 3. The Kier molecular flexibility index (Phi) is 8.25. The van der Waals surface area contributed by atoms with Crippen molar-refractivity contribution < 1.29 is 33.7 Å².